The second kappa shape index (κ2) is 11.1. The van der Waals surface area contributed by atoms with Crippen LogP contribution in [-0.4, -0.2) is 23.8 Å². The van der Waals surface area contributed by atoms with Gasteiger partial charge in [-0.2, -0.15) is 0 Å². The lowest BCUT2D eigenvalue weighted by Crippen LogP contribution is -2.00. The predicted octanol–water partition coefficient (Wildman–Crippen LogP) is 12.3. The van der Waals surface area contributed by atoms with Crippen molar-refractivity contribution in [1.82, 2.24) is 23.8 Å². The zero-order valence-electron chi connectivity index (χ0n) is 29.0. The highest BCUT2D eigenvalue weighted by Gasteiger charge is 2.23. The summed E-state index contributed by atoms with van der Waals surface area (Å²) in [6.07, 6.45) is 0. The van der Waals surface area contributed by atoms with Gasteiger partial charge >= 0.3 is 0 Å². The van der Waals surface area contributed by atoms with Crippen molar-refractivity contribution < 1.29 is 0 Å². The number of nitrogens with zero attached hydrogens (tertiary/aromatic N) is 5. The number of hydrogen-bond acceptors (Lipinski definition) is 3. The highest BCUT2D eigenvalue weighted by molar-refractivity contribution is 6.28. The van der Waals surface area contributed by atoms with Crippen LogP contribution in [0.5, 0.6) is 0 Å². The Morgan fingerprint density at radius 1 is 0.296 bits per heavy atom. The average molecular weight is 688 g/mol. The van der Waals surface area contributed by atoms with E-state index in [0.29, 0.717) is 17.5 Å². The molecule has 4 aromatic heterocycles. The van der Waals surface area contributed by atoms with Crippen LogP contribution in [0.15, 0.2) is 176 Å². The standard InChI is InChI=1S/C49H29N5/c1-3-15-31(16-4-1)47-50-48(32-17-5-2-6-18-32)52-49(51-47)38-28-27-35-34-20-9-11-23-39(34)53-41-29-26-30-14-7-8-19-33(30)43(41)37-22-13-25-42(45(37)53)54-40-24-12-10-21-36(40)44(38)46(35)54/h1-29H. The molecule has 0 radical (unpaired) electrons. The fourth-order valence-corrected chi connectivity index (χ4v) is 8.82. The molecule has 250 valence electrons. The highest BCUT2D eigenvalue weighted by atomic mass is 15.0. The van der Waals surface area contributed by atoms with Crippen molar-refractivity contribution in [2.24, 2.45) is 0 Å². The van der Waals surface area contributed by atoms with Crippen LogP contribution in [-0.2, 0) is 0 Å². The van der Waals surface area contributed by atoms with Crippen molar-refractivity contribution in [2.75, 3.05) is 0 Å². The lowest BCUT2D eigenvalue weighted by Gasteiger charge is -2.13. The van der Waals surface area contributed by atoms with E-state index in [0.717, 1.165) is 54.9 Å². The van der Waals surface area contributed by atoms with Gasteiger partial charge in [-0.1, -0.05) is 146 Å². The molecule has 5 nitrogen and oxygen atoms in total. The first kappa shape index (κ1) is 29.2. The molecular weight excluding hydrogens is 659 g/mol. The molecule has 0 aliphatic carbocycles. The van der Waals surface area contributed by atoms with Crippen LogP contribution < -0.4 is 0 Å². The van der Waals surface area contributed by atoms with Gasteiger partial charge in [-0.25, -0.2) is 15.0 Å². The smallest absolute Gasteiger partial charge is 0.164 e. The number of rotatable bonds is 3. The summed E-state index contributed by atoms with van der Waals surface area (Å²) in [4.78, 5) is 15.5. The Balaban J connectivity index is 1.31. The van der Waals surface area contributed by atoms with Gasteiger partial charge in [0, 0.05) is 49.0 Å². The second-order valence-corrected chi connectivity index (χ2v) is 14.0. The van der Waals surface area contributed by atoms with E-state index >= 15 is 0 Å². The van der Waals surface area contributed by atoms with Gasteiger partial charge in [0.1, 0.15) is 0 Å². The van der Waals surface area contributed by atoms with Gasteiger partial charge in [0.15, 0.2) is 17.5 Å². The van der Waals surface area contributed by atoms with Crippen LogP contribution >= 0.6 is 0 Å². The molecule has 5 heteroatoms. The summed E-state index contributed by atoms with van der Waals surface area (Å²) in [5.74, 6) is 1.94. The van der Waals surface area contributed by atoms with Gasteiger partial charge in [-0.15, -0.1) is 0 Å². The maximum Gasteiger partial charge on any atom is 0.164 e. The van der Waals surface area contributed by atoms with Gasteiger partial charge in [-0.05, 0) is 41.1 Å². The maximum absolute atomic E-state index is 5.22. The van der Waals surface area contributed by atoms with E-state index in [9.17, 15) is 0 Å². The zero-order chi connectivity index (χ0) is 35.3. The van der Waals surface area contributed by atoms with E-state index in [1.54, 1.807) is 0 Å². The highest BCUT2D eigenvalue weighted by Crippen LogP contribution is 2.44. The lowest BCUT2D eigenvalue weighted by atomic mass is 10.0. The fraction of sp³-hybridized carbons (Fsp3) is 0. The Labute approximate surface area is 309 Å². The van der Waals surface area contributed by atoms with Crippen molar-refractivity contribution in [3.05, 3.63) is 176 Å². The number of hydrogen-bond donors (Lipinski definition) is 0. The molecule has 0 atom stereocenters. The van der Waals surface area contributed by atoms with Crippen LogP contribution in [0.25, 0.3) is 110 Å². The summed E-state index contributed by atoms with van der Waals surface area (Å²) in [5, 5.41) is 9.60. The molecule has 0 saturated heterocycles. The molecule has 12 aromatic rings. The molecule has 0 fully saturated rings. The van der Waals surface area contributed by atoms with E-state index in [4.69, 9.17) is 15.0 Å². The van der Waals surface area contributed by atoms with E-state index in [1.807, 2.05) is 36.4 Å². The minimum absolute atomic E-state index is 0.645. The Morgan fingerprint density at radius 2 is 0.852 bits per heavy atom. The van der Waals surface area contributed by atoms with E-state index in [-0.39, 0.29) is 0 Å². The molecular formula is C49H29N5. The average Bonchev–Trinajstić information content (AvgIpc) is 3.77. The third-order valence-corrected chi connectivity index (χ3v) is 11.1. The minimum Gasteiger partial charge on any atom is -0.307 e. The van der Waals surface area contributed by atoms with Crippen molar-refractivity contribution in [1.29, 1.82) is 0 Å². The van der Waals surface area contributed by atoms with Crippen LogP contribution in [0, 0.1) is 0 Å². The third-order valence-electron chi connectivity index (χ3n) is 11.1. The molecule has 0 spiro atoms. The van der Waals surface area contributed by atoms with Crippen molar-refractivity contribution in [3.63, 3.8) is 0 Å². The lowest BCUT2D eigenvalue weighted by molar-refractivity contribution is 1.08. The number of fused-ring (bicyclic) bond motifs is 12. The van der Waals surface area contributed by atoms with Crippen molar-refractivity contribution >= 4 is 76.2 Å². The topological polar surface area (TPSA) is 47.5 Å². The molecule has 0 saturated carbocycles. The zero-order valence-corrected chi connectivity index (χ0v) is 29.0. The SMILES string of the molecule is c1ccc(-c2nc(-c3ccccc3)nc(-c3ccc4c5ccccc5n5c6ccc7ccccc7c6c6cccc(c65)n5c6ccccc6c3c45)n2)cc1. The van der Waals surface area contributed by atoms with Gasteiger partial charge in [0.2, 0.25) is 0 Å². The molecule has 0 N–H and O–H groups in total. The predicted molar refractivity (Wildman–Crippen MR) is 223 cm³/mol. The van der Waals surface area contributed by atoms with E-state index in [1.165, 1.54) is 38.0 Å². The molecule has 0 aliphatic rings. The van der Waals surface area contributed by atoms with Crippen LogP contribution in [0.2, 0.25) is 0 Å². The number of benzene rings is 8. The summed E-state index contributed by atoms with van der Waals surface area (Å²) < 4.78 is 4.97. The van der Waals surface area contributed by atoms with Gasteiger partial charge < -0.3 is 8.80 Å². The first-order valence-electron chi connectivity index (χ1n) is 18.3. The summed E-state index contributed by atoms with van der Waals surface area (Å²) >= 11 is 0. The Hall–Kier alpha value is -7.37. The van der Waals surface area contributed by atoms with E-state index < -0.39 is 0 Å². The normalized spacial score (nSPS) is 12.1. The molecule has 8 aromatic carbocycles. The second-order valence-electron chi connectivity index (χ2n) is 14.0. The minimum atomic E-state index is 0.645. The molecule has 0 aliphatic heterocycles. The summed E-state index contributed by atoms with van der Waals surface area (Å²) in [6.45, 7) is 0. The monoisotopic (exact) mass is 687 g/mol. The Bertz CT molecular complexity index is 3430. The molecule has 0 unspecified atom stereocenters. The van der Waals surface area contributed by atoms with Gasteiger partial charge in [0.05, 0.1) is 33.1 Å². The van der Waals surface area contributed by atoms with E-state index in [2.05, 4.69) is 148 Å². The fourth-order valence-electron chi connectivity index (χ4n) is 8.82. The summed E-state index contributed by atoms with van der Waals surface area (Å²) in [5.41, 5.74) is 9.82. The molecule has 12 rings (SSSR count). The molecule has 0 bridgehead atoms. The van der Waals surface area contributed by atoms with Gasteiger partial charge in [0.25, 0.3) is 0 Å². The quantitative estimate of drug-likeness (QED) is 0.186. The summed E-state index contributed by atoms with van der Waals surface area (Å²) in [7, 11) is 0. The Morgan fingerprint density at radius 3 is 1.59 bits per heavy atom. The van der Waals surface area contributed by atoms with Crippen LogP contribution in [0.4, 0.5) is 0 Å². The number of aromatic nitrogens is 5. The van der Waals surface area contributed by atoms with Gasteiger partial charge in [-0.3, -0.25) is 0 Å². The largest absolute Gasteiger partial charge is 0.307 e. The maximum atomic E-state index is 5.22. The molecule has 4 heterocycles. The Kier molecular flexibility index (Phi) is 5.99. The number of para-hydroxylation sites is 3. The molecule has 54 heavy (non-hydrogen) atoms. The third kappa shape index (κ3) is 4.01. The van der Waals surface area contributed by atoms with Crippen molar-refractivity contribution in [2.45, 2.75) is 0 Å². The van der Waals surface area contributed by atoms with Crippen LogP contribution in [0.3, 0.4) is 0 Å². The van der Waals surface area contributed by atoms with Crippen LogP contribution in [0.1, 0.15) is 0 Å². The van der Waals surface area contributed by atoms with Crippen molar-refractivity contribution in [3.8, 4) is 34.2 Å². The first-order chi connectivity index (χ1) is 26.8. The first-order valence-corrected chi connectivity index (χ1v) is 18.3. The molecule has 0 amide bonds. The summed E-state index contributed by atoms with van der Waals surface area (Å²) in [6, 6.07) is 62.6.